The van der Waals surface area contributed by atoms with Crippen LogP contribution in [0.1, 0.15) is 11.1 Å². The number of carbonyl (C=O) groups is 1. The largest absolute Gasteiger partial charge is 0.471 e. The van der Waals surface area contributed by atoms with E-state index >= 15 is 0 Å². The highest BCUT2D eigenvalue weighted by molar-refractivity contribution is 5.81. The monoisotopic (exact) mass is 356 g/mol. The second kappa shape index (κ2) is 7.11. The van der Waals surface area contributed by atoms with Crippen molar-refractivity contribution in [2.75, 3.05) is 17.2 Å². The summed E-state index contributed by atoms with van der Waals surface area (Å²) in [5.74, 6) is -2.04. The Balaban J connectivity index is 1.94. The summed E-state index contributed by atoms with van der Waals surface area (Å²) in [6.07, 6.45) is -4.91. The number of aromatic nitrogens is 2. The number of anilines is 3. The number of nitrogen functional groups attached to an aromatic ring is 3. The molecule has 0 saturated carbocycles. The summed E-state index contributed by atoms with van der Waals surface area (Å²) in [5.41, 5.74) is 17.9. The predicted molar refractivity (Wildman–Crippen MR) is 83.9 cm³/mol. The van der Waals surface area contributed by atoms with Crippen LogP contribution < -0.4 is 27.3 Å². The van der Waals surface area contributed by atoms with Crippen LogP contribution in [-0.4, -0.2) is 22.1 Å². The molecule has 0 unspecified atom stereocenters. The summed E-state index contributed by atoms with van der Waals surface area (Å²) in [5, 5.41) is 1.78. The molecule has 1 amide bonds. The number of carbonyl (C=O) groups excluding carboxylic acids is 1. The summed E-state index contributed by atoms with van der Waals surface area (Å²) >= 11 is 0. The van der Waals surface area contributed by atoms with Crippen LogP contribution in [-0.2, 0) is 17.9 Å². The summed E-state index contributed by atoms with van der Waals surface area (Å²) in [4.78, 5) is 18.3. The van der Waals surface area contributed by atoms with E-state index in [-0.39, 0.29) is 36.5 Å². The van der Waals surface area contributed by atoms with E-state index in [4.69, 9.17) is 21.9 Å². The van der Waals surface area contributed by atoms with Crippen LogP contribution in [0.4, 0.5) is 30.6 Å². The molecule has 0 aliphatic heterocycles. The van der Waals surface area contributed by atoms with Crippen molar-refractivity contribution in [3.8, 4) is 5.88 Å². The lowest BCUT2D eigenvalue weighted by Gasteiger charge is -2.11. The van der Waals surface area contributed by atoms with E-state index in [9.17, 15) is 18.0 Å². The van der Waals surface area contributed by atoms with E-state index in [0.29, 0.717) is 11.1 Å². The average Bonchev–Trinajstić information content (AvgIpc) is 2.54. The molecule has 2 rings (SSSR count). The number of nitrogens with one attached hydrogen (secondary N) is 1. The number of nitrogens with zero attached hydrogens (tertiary/aromatic N) is 2. The molecule has 0 radical (unpaired) electrons. The van der Waals surface area contributed by atoms with Gasteiger partial charge in [-0.05, 0) is 11.1 Å². The molecule has 0 aliphatic carbocycles. The highest BCUT2D eigenvalue weighted by atomic mass is 19.4. The van der Waals surface area contributed by atoms with Gasteiger partial charge in [0.2, 0.25) is 11.8 Å². The second-order valence-corrected chi connectivity index (χ2v) is 4.97. The van der Waals surface area contributed by atoms with E-state index in [1.807, 2.05) is 0 Å². The zero-order valence-electron chi connectivity index (χ0n) is 12.8. The van der Waals surface area contributed by atoms with E-state index in [1.54, 1.807) is 29.6 Å². The SMILES string of the molecule is Nc1nc(N)c(N)c(OCc2ccc(CNC(=O)C(F)(F)F)cc2)n1. The minimum absolute atomic E-state index is 0.00162. The smallest absolute Gasteiger partial charge is 0.471 e. The molecule has 0 fully saturated rings. The Labute approximate surface area is 140 Å². The van der Waals surface area contributed by atoms with Crippen molar-refractivity contribution in [3.63, 3.8) is 0 Å². The standard InChI is InChI=1S/C14H15F3N6O2/c15-14(16,17)12(24)21-5-7-1-3-8(4-2-7)6-25-11-9(18)10(19)22-13(20)23-11/h1-4H,5-6,18H2,(H,21,24)(H4,19,20,22,23). The van der Waals surface area contributed by atoms with Crippen molar-refractivity contribution in [3.05, 3.63) is 35.4 Å². The van der Waals surface area contributed by atoms with Crippen LogP contribution in [0.25, 0.3) is 0 Å². The zero-order valence-corrected chi connectivity index (χ0v) is 12.8. The Bertz CT molecular complexity index is 764. The highest BCUT2D eigenvalue weighted by Gasteiger charge is 2.38. The molecule has 11 heteroatoms. The lowest BCUT2D eigenvalue weighted by atomic mass is 10.1. The maximum Gasteiger partial charge on any atom is 0.471 e. The molecule has 134 valence electrons. The first kappa shape index (κ1) is 18.1. The van der Waals surface area contributed by atoms with E-state index in [1.165, 1.54) is 0 Å². The van der Waals surface area contributed by atoms with E-state index in [0.717, 1.165) is 0 Å². The van der Waals surface area contributed by atoms with Crippen LogP contribution in [0, 0.1) is 0 Å². The molecule has 1 aromatic carbocycles. The van der Waals surface area contributed by atoms with Gasteiger partial charge in [-0.1, -0.05) is 24.3 Å². The van der Waals surface area contributed by atoms with Gasteiger partial charge < -0.3 is 27.3 Å². The van der Waals surface area contributed by atoms with Crippen LogP contribution in [0.3, 0.4) is 0 Å². The molecule has 1 heterocycles. The number of alkyl halides is 3. The summed E-state index contributed by atoms with van der Waals surface area (Å²) in [6.45, 7) is -0.166. The Morgan fingerprint density at radius 1 is 1.08 bits per heavy atom. The first-order valence-corrected chi connectivity index (χ1v) is 6.91. The lowest BCUT2D eigenvalue weighted by Crippen LogP contribution is -2.36. The van der Waals surface area contributed by atoms with Gasteiger partial charge in [-0.2, -0.15) is 23.1 Å². The van der Waals surface area contributed by atoms with Crippen molar-refractivity contribution in [1.82, 2.24) is 15.3 Å². The van der Waals surface area contributed by atoms with Crippen molar-refractivity contribution in [1.29, 1.82) is 0 Å². The quantitative estimate of drug-likeness (QED) is 0.625. The van der Waals surface area contributed by atoms with Gasteiger partial charge in [-0.3, -0.25) is 4.79 Å². The van der Waals surface area contributed by atoms with Gasteiger partial charge in [0.1, 0.15) is 12.3 Å². The Hall–Kier alpha value is -3.24. The fraction of sp³-hybridized carbons (Fsp3) is 0.214. The Kier molecular flexibility index (Phi) is 5.15. The summed E-state index contributed by atoms with van der Waals surface area (Å²) in [7, 11) is 0. The number of hydrogen-bond acceptors (Lipinski definition) is 7. The number of hydrogen-bond donors (Lipinski definition) is 4. The fourth-order valence-corrected chi connectivity index (χ4v) is 1.78. The normalized spacial score (nSPS) is 11.2. The van der Waals surface area contributed by atoms with Crippen molar-refractivity contribution < 1.29 is 22.7 Å². The zero-order chi connectivity index (χ0) is 18.6. The first-order chi connectivity index (χ1) is 11.7. The minimum atomic E-state index is -4.91. The molecule has 0 bridgehead atoms. The number of nitrogens with two attached hydrogens (primary N) is 3. The molecule has 0 saturated heterocycles. The van der Waals surface area contributed by atoms with Crippen LogP contribution in [0.15, 0.2) is 24.3 Å². The number of ether oxygens (including phenoxy) is 1. The third-order valence-corrected chi connectivity index (χ3v) is 3.07. The molecular formula is C14H15F3N6O2. The van der Waals surface area contributed by atoms with Gasteiger partial charge in [0.25, 0.3) is 0 Å². The van der Waals surface area contributed by atoms with E-state index < -0.39 is 12.1 Å². The van der Waals surface area contributed by atoms with Crippen LogP contribution in [0.5, 0.6) is 5.88 Å². The first-order valence-electron chi connectivity index (χ1n) is 6.91. The third kappa shape index (κ3) is 4.86. The van der Waals surface area contributed by atoms with Crippen LogP contribution in [0.2, 0.25) is 0 Å². The molecular weight excluding hydrogens is 341 g/mol. The van der Waals surface area contributed by atoms with Gasteiger partial charge in [0, 0.05) is 6.54 Å². The maximum atomic E-state index is 12.1. The van der Waals surface area contributed by atoms with E-state index in [2.05, 4.69) is 9.97 Å². The minimum Gasteiger partial charge on any atom is -0.471 e. The van der Waals surface area contributed by atoms with Gasteiger partial charge in [0.05, 0.1) is 0 Å². The number of amides is 1. The van der Waals surface area contributed by atoms with Crippen molar-refractivity contribution >= 4 is 23.4 Å². The summed E-state index contributed by atoms with van der Waals surface area (Å²) in [6, 6.07) is 6.36. The molecule has 7 N–H and O–H groups in total. The number of halogens is 3. The summed E-state index contributed by atoms with van der Waals surface area (Å²) < 4.78 is 41.7. The highest BCUT2D eigenvalue weighted by Crippen LogP contribution is 2.25. The van der Waals surface area contributed by atoms with Gasteiger partial charge in [0.15, 0.2) is 5.82 Å². The third-order valence-electron chi connectivity index (χ3n) is 3.07. The Morgan fingerprint density at radius 3 is 2.28 bits per heavy atom. The predicted octanol–water partition coefficient (Wildman–Crippen LogP) is 0.981. The number of rotatable bonds is 5. The van der Waals surface area contributed by atoms with Crippen LogP contribution >= 0.6 is 0 Å². The topological polar surface area (TPSA) is 142 Å². The van der Waals surface area contributed by atoms with Gasteiger partial charge in [-0.15, -0.1) is 0 Å². The average molecular weight is 356 g/mol. The second-order valence-electron chi connectivity index (χ2n) is 4.97. The molecule has 0 spiro atoms. The Morgan fingerprint density at radius 2 is 1.68 bits per heavy atom. The molecule has 0 aliphatic rings. The molecule has 8 nitrogen and oxygen atoms in total. The van der Waals surface area contributed by atoms with Gasteiger partial charge in [-0.25, -0.2) is 0 Å². The van der Waals surface area contributed by atoms with Gasteiger partial charge >= 0.3 is 12.1 Å². The van der Waals surface area contributed by atoms with Crippen molar-refractivity contribution in [2.24, 2.45) is 0 Å². The maximum absolute atomic E-state index is 12.1. The molecule has 2 aromatic rings. The molecule has 0 atom stereocenters. The fourth-order valence-electron chi connectivity index (χ4n) is 1.78. The lowest BCUT2D eigenvalue weighted by molar-refractivity contribution is -0.173. The molecule has 1 aromatic heterocycles. The number of benzene rings is 1. The van der Waals surface area contributed by atoms with Crippen molar-refractivity contribution in [2.45, 2.75) is 19.3 Å². The molecule has 25 heavy (non-hydrogen) atoms.